The maximum absolute atomic E-state index is 12.5. The molecule has 0 bridgehead atoms. The summed E-state index contributed by atoms with van der Waals surface area (Å²) < 4.78 is 0. The first-order valence-electron chi connectivity index (χ1n) is 9.22. The maximum Gasteiger partial charge on any atom is 0.319 e. The van der Waals surface area contributed by atoms with Crippen molar-refractivity contribution >= 4 is 23.3 Å². The van der Waals surface area contributed by atoms with Crippen molar-refractivity contribution in [2.75, 3.05) is 23.3 Å². The summed E-state index contributed by atoms with van der Waals surface area (Å²) in [6.45, 7) is 3.72. The molecule has 0 radical (unpaired) electrons. The minimum atomic E-state index is -0.523. The standard InChI is InChI=1S/C20H25N5O2/c1-14(16-7-3-4-10-22-16)23-20(27)24-17-13-15(19(21)26)8-9-18(17)25-11-5-2-6-12-25/h3-4,7-10,13-14H,2,5-6,11-12H2,1H3,(H2,21,26)(H2,23,24,27). The molecule has 7 nitrogen and oxygen atoms in total. The molecule has 3 amide bonds. The molecule has 2 heterocycles. The lowest BCUT2D eigenvalue weighted by molar-refractivity contribution is 0.100. The molecule has 0 saturated carbocycles. The summed E-state index contributed by atoms with van der Waals surface area (Å²) in [6.07, 6.45) is 5.12. The highest BCUT2D eigenvalue weighted by Gasteiger charge is 2.18. The van der Waals surface area contributed by atoms with Crippen molar-refractivity contribution in [2.24, 2.45) is 5.73 Å². The first-order chi connectivity index (χ1) is 13.0. The Morgan fingerprint density at radius 1 is 1.15 bits per heavy atom. The summed E-state index contributed by atoms with van der Waals surface area (Å²) in [7, 11) is 0. The molecule has 1 fully saturated rings. The highest BCUT2D eigenvalue weighted by Crippen LogP contribution is 2.29. The number of nitrogens with two attached hydrogens (primary N) is 1. The SMILES string of the molecule is CC(NC(=O)Nc1cc(C(N)=O)ccc1N1CCCCC1)c1ccccn1. The van der Waals surface area contributed by atoms with Crippen molar-refractivity contribution < 1.29 is 9.59 Å². The van der Waals surface area contributed by atoms with Gasteiger partial charge in [-0.2, -0.15) is 0 Å². The molecule has 1 aromatic heterocycles. The Balaban J connectivity index is 1.77. The van der Waals surface area contributed by atoms with Crippen LogP contribution in [0.2, 0.25) is 0 Å². The topological polar surface area (TPSA) is 100 Å². The first-order valence-corrected chi connectivity index (χ1v) is 9.22. The zero-order valence-electron chi connectivity index (χ0n) is 15.4. The van der Waals surface area contributed by atoms with Gasteiger partial charge in [-0.05, 0) is 56.5 Å². The Labute approximate surface area is 159 Å². The van der Waals surface area contributed by atoms with E-state index in [1.807, 2.05) is 31.2 Å². The Hall–Kier alpha value is -3.09. The predicted octanol–water partition coefficient (Wildman–Crippen LogP) is 3.05. The van der Waals surface area contributed by atoms with Gasteiger partial charge in [0.1, 0.15) is 0 Å². The number of primary amides is 1. The van der Waals surface area contributed by atoms with Crippen molar-refractivity contribution in [3.63, 3.8) is 0 Å². The summed E-state index contributed by atoms with van der Waals surface area (Å²) in [5.41, 5.74) is 8.03. The van der Waals surface area contributed by atoms with Crippen LogP contribution in [0.5, 0.6) is 0 Å². The second kappa shape index (κ2) is 8.53. The second-order valence-electron chi connectivity index (χ2n) is 6.72. The van der Waals surface area contributed by atoms with Crippen LogP contribution >= 0.6 is 0 Å². The smallest absolute Gasteiger partial charge is 0.319 e. The zero-order valence-corrected chi connectivity index (χ0v) is 15.4. The van der Waals surface area contributed by atoms with E-state index in [0.29, 0.717) is 11.3 Å². The number of anilines is 2. The number of pyridine rings is 1. The van der Waals surface area contributed by atoms with Gasteiger partial charge >= 0.3 is 6.03 Å². The summed E-state index contributed by atoms with van der Waals surface area (Å²) >= 11 is 0. The molecular weight excluding hydrogens is 342 g/mol. The predicted molar refractivity (Wildman–Crippen MR) is 106 cm³/mol. The van der Waals surface area contributed by atoms with E-state index in [2.05, 4.69) is 20.5 Å². The number of benzene rings is 1. The van der Waals surface area contributed by atoms with E-state index in [1.165, 1.54) is 6.42 Å². The second-order valence-corrected chi connectivity index (χ2v) is 6.72. The van der Waals surface area contributed by atoms with Gasteiger partial charge in [-0.25, -0.2) is 4.79 Å². The van der Waals surface area contributed by atoms with E-state index in [1.54, 1.807) is 18.3 Å². The van der Waals surface area contributed by atoms with Crippen molar-refractivity contribution in [2.45, 2.75) is 32.2 Å². The third kappa shape index (κ3) is 4.75. The molecule has 1 aromatic carbocycles. The van der Waals surface area contributed by atoms with Crippen LogP contribution in [0.15, 0.2) is 42.6 Å². The van der Waals surface area contributed by atoms with E-state index >= 15 is 0 Å². The molecule has 1 aliphatic heterocycles. The van der Waals surface area contributed by atoms with Crippen LogP contribution in [0.4, 0.5) is 16.2 Å². The van der Waals surface area contributed by atoms with Gasteiger partial charge in [0.05, 0.1) is 23.1 Å². The van der Waals surface area contributed by atoms with Gasteiger partial charge in [-0.3, -0.25) is 9.78 Å². The van der Waals surface area contributed by atoms with Gasteiger partial charge in [0.15, 0.2) is 0 Å². The number of piperidine rings is 1. The number of carbonyl (C=O) groups excluding carboxylic acids is 2. The van der Waals surface area contributed by atoms with Crippen LogP contribution in [0.3, 0.4) is 0 Å². The average Bonchev–Trinajstić information content (AvgIpc) is 2.69. The molecule has 3 rings (SSSR count). The number of amides is 3. The summed E-state index contributed by atoms with van der Waals surface area (Å²) in [6, 6.07) is 10.2. The van der Waals surface area contributed by atoms with Crippen LogP contribution in [-0.4, -0.2) is 30.0 Å². The van der Waals surface area contributed by atoms with Crippen molar-refractivity contribution in [3.05, 3.63) is 53.9 Å². The van der Waals surface area contributed by atoms with E-state index in [0.717, 1.165) is 37.3 Å². The fourth-order valence-electron chi connectivity index (χ4n) is 3.26. The number of carbonyl (C=O) groups is 2. The fourth-order valence-corrected chi connectivity index (χ4v) is 3.26. The molecule has 4 N–H and O–H groups in total. The van der Waals surface area contributed by atoms with Gasteiger partial charge in [0.2, 0.25) is 5.91 Å². The van der Waals surface area contributed by atoms with Crippen molar-refractivity contribution in [1.29, 1.82) is 0 Å². The normalized spacial score (nSPS) is 15.1. The minimum Gasteiger partial charge on any atom is -0.370 e. The number of nitrogens with zero attached hydrogens (tertiary/aromatic N) is 2. The zero-order chi connectivity index (χ0) is 19.2. The largest absolute Gasteiger partial charge is 0.370 e. The van der Waals surface area contributed by atoms with Crippen molar-refractivity contribution in [1.82, 2.24) is 10.3 Å². The lowest BCUT2D eigenvalue weighted by Crippen LogP contribution is -2.34. The number of nitrogens with one attached hydrogen (secondary N) is 2. The van der Waals surface area contributed by atoms with Crippen LogP contribution in [0.1, 0.15) is 48.3 Å². The van der Waals surface area contributed by atoms with Crippen LogP contribution in [-0.2, 0) is 0 Å². The Kier molecular flexibility index (Phi) is 5.90. The molecule has 1 atom stereocenters. The number of hydrogen-bond acceptors (Lipinski definition) is 4. The van der Waals surface area contributed by atoms with Crippen LogP contribution < -0.4 is 21.3 Å². The molecule has 2 aromatic rings. The summed E-state index contributed by atoms with van der Waals surface area (Å²) in [5.74, 6) is -0.523. The molecule has 1 saturated heterocycles. The monoisotopic (exact) mass is 367 g/mol. The third-order valence-corrected chi connectivity index (χ3v) is 4.71. The fraction of sp³-hybridized carbons (Fsp3) is 0.350. The highest BCUT2D eigenvalue weighted by molar-refractivity contribution is 5.99. The van der Waals surface area contributed by atoms with Gasteiger partial charge in [-0.1, -0.05) is 6.07 Å². The molecule has 7 heteroatoms. The minimum absolute atomic E-state index is 0.246. The van der Waals surface area contributed by atoms with E-state index < -0.39 is 5.91 Å². The number of hydrogen-bond donors (Lipinski definition) is 3. The molecule has 1 aliphatic rings. The molecule has 142 valence electrons. The van der Waals surface area contributed by atoms with Gasteiger partial charge in [-0.15, -0.1) is 0 Å². The highest BCUT2D eigenvalue weighted by atomic mass is 16.2. The van der Waals surface area contributed by atoms with Crippen molar-refractivity contribution in [3.8, 4) is 0 Å². The molecule has 0 spiro atoms. The molecular formula is C20H25N5O2. The number of aromatic nitrogens is 1. The number of rotatable bonds is 5. The molecule has 27 heavy (non-hydrogen) atoms. The van der Waals surface area contributed by atoms with Crippen LogP contribution in [0, 0.1) is 0 Å². The molecule has 1 unspecified atom stereocenters. The number of urea groups is 1. The molecule has 0 aliphatic carbocycles. The Morgan fingerprint density at radius 3 is 2.59 bits per heavy atom. The van der Waals surface area contributed by atoms with Gasteiger partial charge in [0.25, 0.3) is 0 Å². The Morgan fingerprint density at radius 2 is 1.93 bits per heavy atom. The summed E-state index contributed by atoms with van der Waals surface area (Å²) in [4.78, 5) is 30.6. The lowest BCUT2D eigenvalue weighted by atomic mass is 10.1. The van der Waals surface area contributed by atoms with Gasteiger partial charge in [0, 0.05) is 24.8 Å². The van der Waals surface area contributed by atoms with E-state index in [9.17, 15) is 9.59 Å². The van der Waals surface area contributed by atoms with E-state index in [-0.39, 0.29) is 12.1 Å². The Bertz CT molecular complexity index is 803. The van der Waals surface area contributed by atoms with E-state index in [4.69, 9.17) is 5.73 Å². The average molecular weight is 367 g/mol. The first kappa shape index (κ1) is 18.7. The third-order valence-electron chi connectivity index (χ3n) is 4.71. The maximum atomic E-state index is 12.5. The van der Waals surface area contributed by atoms with Gasteiger partial charge < -0.3 is 21.3 Å². The lowest BCUT2D eigenvalue weighted by Gasteiger charge is -2.31. The quantitative estimate of drug-likeness (QED) is 0.756. The van der Waals surface area contributed by atoms with Crippen LogP contribution in [0.25, 0.3) is 0 Å². The summed E-state index contributed by atoms with van der Waals surface area (Å²) in [5, 5.41) is 5.75.